The van der Waals surface area contributed by atoms with Gasteiger partial charge < -0.3 is 20.1 Å². The van der Waals surface area contributed by atoms with Crippen molar-refractivity contribution in [2.24, 2.45) is 4.99 Å². The lowest BCUT2D eigenvalue weighted by atomic mass is 10.1. The lowest BCUT2D eigenvalue weighted by Crippen LogP contribution is -2.49. The van der Waals surface area contributed by atoms with E-state index in [0.717, 1.165) is 31.9 Å². The van der Waals surface area contributed by atoms with Crippen LogP contribution in [0.15, 0.2) is 33.9 Å². The number of piperidine rings is 1. The number of aliphatic imine (C=N–C) groups is 1. The monoisotopic (exact) mass is 371 g/mol. The van der Waals surface area contributed by atoms with Crippen LogP contribution in [0.5, 0.6) is 0 Å². The van der Waals surface area contributed by atoms with Gasteiger partial charge in [-0.3, -0.25) is 9.98 Å². The molecule has 146 valence electrons. The third kappa shape index (κ3) is 5.75. The SMILES string of the molecule is CCCN1CCC(NC(=NC)NCCc2noc(-c3ccccn3)n2)CC1. The smallest absolute Gasteiger partial charge is 0.276 e. The second-order valence-corrected chi connectivity index (χ2v) is 6.74. The maximum Gasteiger partial charge on any atom is 0.276 e. The summed E-state index contributed by atoms with van der Waals surface area (Å²) < 4.78 is 5.28. The molecule has 0 aliphatic carbocycles. The molecule has 27 heavy (non-hydrogen) atoms. The van der Waals surface area contributed by atoms with Gasteiger partial charge in [0.25, 0.3) is 5.89 Å². The fourth-order valence-electron chi connectivity index (χ4n) is 3.25. The van der Waals surface area contributed by atoms with Crippen molar-refractivity contribution in [3.8, 4) is 11.6 Å². The Hall–Kier alpha value is -2.48. The number of aromatic nitrogens is 3. The normalized spacial score (nSPS) is 16.4. The third-order valence-electron chi connectivity index (χ3n) is 4.69. The second-order valence-electron chi connectivity index (χ2n) is 6.74. The minimum Gasteiger partial charge on any atom is -0.356 e. The van der Waals surface area contributed by atoms with E-state index in [0.29, 0.717) is 36.4 Å². The Morgan fingerprint density at radius 2 is 2.19 bits per heavy atom. The molecule has 1 aliphatic rings. The van der Waals surface area contributed by atoms with Gasteiger partial charge >= 0.3 is 0 Å². The minimum absolute atomic E-state index is 0.451. The van der Waals surface area contributed by atoms with Gasteiger partial charge in [0.15, 0.2) is 11.8 Å². The van der Waals surface area contributed by atoms with Gasteiger partial charge in [-0.2, -0.15) is 4.98 Å². The van der Waals surface area contributed by atoms with Crippen LogP contribution in [0.4, 0.5) is 0 Å². The van der Waals surface area contributed by atoms with Crippen molar-refractivity contribution < 1.29 is 4.52 Å². The Balaban J connectivity index is 1.41. The number of pyridine rings is 1. The summed E-state index contributed by atoms with van der Waals surface area (Å²) in [5, 5.41) is 10.9. The average Bonchev–Trinajstić information content (AvgIpc) is 3.18. The van der Waals surface area contributed by atoms with Crippen LogP contribution in [0.3, 0.4) is 0 Å². The fourth-order valence-corrected chi connectivity index (χ4v) is 3.25. The summed E-state index contributed by atoms with van der Waals surface area (Å²) in [5.41, 5.74) is 0.691. The van der Waals surface area contributed by atoms with Gasteiger partial charge in [-0.1, -0.05) is 18.1 Å². The predicted molar refractivity (Wildman–Crippen MR) is 105 cm³/mol. The van der Waals surface area contributed by atoms with Crippen LogP contribution in [-0.4, -0.2) is 65.3 Å². The molecule has 0 radical (unpaired) electrons. The Bertz CT molecular complexity index is 708. The quantitative estimate of drug-likeness (QED) is 0.565. The van der Waals surface area contributed by atoms with E-state index in [2.05, 4.69) is 42.6 Å². The number of hydrogen-bond acceptors (Lipinski definition) is 6. The first kappa shape index (κ1) is 19.3. The lowest BCUT2D eigenvalue weighted by Gasteiger charge is -2.32. The molecule has 0 unspecified atom stereocenters. The van der Waals surface area contributed by atoms with Crippen LogP contribution in [0.25, 0.3) is 11.6 Å². The Morgan fingerprint density at radius 1 is 1.33 bits per heavy atom. The molecule has 1 saturated heterocycles. The van der Waals surface area contributed by atoms with E-state index >= 15 is 0 Å². The van der Waals surface area contributed by atoms with Gasteiger partial charge in [-0.25, -0.2) is 0 Å². The van der Waals surface area contributed by atoms with Gasteiger partial charge in [-0.05, 0) is 37.9 Å². The highest BCUT2D eigenvalue weighted by Gasteiger charge is 2.19. The summed E-state index contributed by atoms with van der Waals surface area (Å²) in [6.45, 7) is 6.43. The molecular formula is C19H29N7O. The third-order valence-corrected chi connectivity index (χ3v) is 4.69. The molecule has 2 aromatic rings. The zero-order valence-corrected chi connectivity index (χ0v) is 16.2. The van der Waals surface area contributed by atoms with E-state index in [9.17, 15) is 0 Å². The van der Waals surface area contributed by atoms with Crippen LogP contribution < -0.4 is 10.6 Å². The van der Waals surface area contributed by atoms with Crippen molar-refractivity contribution in [1.29, 1.82) is 0 Å². The molecule has 0 spiro atoms. The second kappa shape index (κ2) is 10.0. The van der Waals surface area contributed by atoms with Crippen molar-refractivity contribution in [1.82, 2.24) is 30.7 Å². The molecule has 2 aromatic heterocycles. The average molecular weight is 371 g/mol. The highest BCUT2D eigenvalue weighted by molar-refractivity contribution is 5.79. The van der Waals surface area contributed by atoms with E-state index in [1.807, 2.05) is 18.2 Å². The molecule has 8 nitrogen and oxygen atoms in total. The van der Waals surface area contributed by atoms with Gasteiger partial charge in [-0.15, -0.1) is 0 Å². The van der Waals surface area contributed by atoms with Crippen LogP contribution >= 0.6 is 0 Å². The highest BCUT2D eigenvalue weighted by atomic mass is 16.5. The van der Waals surface area contributed by atoms with Crippen LogP contribution in [0.2, 0.25) is 0 Å². The van der Waals surface area contributed by atoms with Crippen LogP contribution in [-0.2, 0) is 6.42 Å². The molecule has 0 bridgehead atoms. The molecule has 3 rings (SSSR count). The number of hydrogen-bond donors (Lipinski definition) is 2. The first-order valence-electron chi connectivity index (χ1n) is 9.72. The summed E-state index contributed by atoms with van der Waals surface area (Å²) in [5.74, 6) is 1.94. The zero-order valence-electron chi connectivity index (χ0n) is 16.2. The summed E-state index contributed by atoms with van der Waals surface area (Å²) in [6, 6.07) is 6.09. The van der Waals surface area contributed by atoms with Crippen molar-refractivity contribution in [2.75, 3.05) is 33.2 Å². The Labute approximate surface area is 160 Å². The molecule has 0 atom stereocenters. The Morgan fingerprint density at radius 3 is 2.89 bits per heavy atom. The standard InChI is InChI=1S/C19H29N7O/c1-3-12-26-13-8-15(9-14-26)23-19(20-2)22-11-7-17-24-18(27-25-17)16-6-4-5-10-21-16/h4-6,10,15H,3,7-9,11-14H2,1-2H3,(H2,20,22,23). The summed E-state index contributed by atoms with van der Waals surface area (Å²) in [7, 11) is 1.80. The zero-order chi connectivity index (χ0) is 18.9. The molecule has 0 aromatic carbocycles. The topological polar surface area (TPSA) is 91.5 Å². The molecular weight excluding hydrogens is 342 g/mol. The summed E-state index contributed by atoms with van der Waals surface area (Å²) in [6.07, 6.45) is 5.90. The lowest BCUT2D eigenvalue weighted by molar-refractivity contribution is 0.206. The van der Waals surface area contributed by atoms with Crippen LogP contribution in [0.1, 0.15) is 32.0 Å². The molecule has 1 aliphatic heterocycles. The summed E-state index contributed by atoms with van der Waals surface area (Å²) in [4.78, 5) is 15.5. The molecule has 1 fully saturated rings. The van der Waals surface area contributed by atoms with Crippen molar-refractivity contribution in [2.45, 2.75) is 38.6 Å². The van der Waals surface area contributed by atoms with Crippen LogP contribution in [0, 0.1) is 0 Å². The largest absolute Gasteiger partial charge is 0.356 e. The van der Waals surface area contributed by atoms with E-state index in [4.69, 9.17) is 4.52 Å². The van der Waals surface area contributed by atoms with Crippen molar-refractivity contribution in [3.63, 3.8) is 0 Å². The minimum atomic E-state index is 0.451. The predicted octanol–water partition coefficient (Wildman–Crippen LogP) is 1.71. The number of rotatable bonds is 7. The molecule has 3 heterocycles. The van der Waals surface area contributed by atoms with Crippen molar-refractivity contribution in [3.05, 3.63) is 30.2 Å². The summed E-state index contributed by atoms with van der Waals surface area (Å²) >= 11 is 0. The number of nitrogens with zero attached hydrogens (tertiary/aromatic N) is 5. The first-order valence-corrected chi connectivity index (χ1v) is 9.72. The van der Waals surface area contributed by atoms with Gasteiger partial charge in [0, 0.05) is 45.3 Å². The molecule has 0 saturated carbocycles. The Kier molecular flexibility index (Phi) is 7.15. The van der Waals surface area contributed by atoms with E-state index in [1.165, 1.54) is 13.0 Å². The van der Waals surface area contributed by atoms with Gasteiger partial charge in [0.2, 0.25) is 0 Å². The van der Waals surface area contributed by atoms with Crippen molar-refractivity contribution >= 4 is 5.96 Å². The number of guanidine groups is 1. The highest BCUT2D eigenvalue weighted by Crippen LogP contribution is 2.13. The number of likely N-dealkylation sites (tertiary alicyclic amines) is 1. The molecule has 8 heteroatoms. The first-order chi connectivity index (χ1) is 13.3. The van der Waals surface area contributed by atoms with E-state index in [-0.39, 0.29) is 0 Å². The fraction of sp³-hybridized carbons (Fsp3) is 0.579. The molecule has 0 amide bonds. The van der Waals surface area contributed by atoms with Gasteiger partial charge in [0.1, 0.15) is 5.69 Å². The maximum absolute atomic E-state index is 5.28. The number of nitrogens with one attached hydrogen (secondary N) is 2. The molecule has 2 N–H and O–H groups in total. The maximum atomic E-state index is 5.28. The van der Waals surface area contributed by atoms with Gasteiger partial charge in [0.05, 0.1) is 0 Å². The van der Waals surface area contributed by atoms with E-state index < -0.39 is 0 Å². The van der Waals surface area contributed by atoms with E-state index in [1.54, 1.807) is 13.2 Å².